The van der Waals surface area contributed by atoms with E-state index >= 15 is 0 Å². The summed E-state index contributed by atoms with van der Waals surface area (Å²) in [6.45, 7) is -1.04. The van der Waals surface area contributed by atoms with E-state index in [4.69, 9.17) is 11.6 Å². The summed E-state index contributed by atoms with van der Waals surface area (Å²) < 4.78 is 28.8. The first kappa shape index (κ1) is 19.6. The SMILES string of the molecule is N#Cc1cccnc1N1CCN(C(=O)Nc2ccc(OC(F)F)c(Cl)c2)CC1. The van der Waals surface area contributed by atoms with Crippen molar-refractivity contribution in [2.24, 2.45) is 0 Å². The smallest absolute Gasteiger partial charge is 0.387 e. The van der Waals surface area contributed by atoms with Crippen LogP contribution in [0.2, 0.25) is 5.02 Å². The Labute approximate surface area is 165 Å². The Kier molecular flexibility index (Phi) is 6.11. The predicted molar refractivity (Wildman–Crippen MR) is 99.8 cm³/mol. The number of nitriles is 1. The van der Waals surface area contributed by atoms with Crippen LogP contribution in [0.3, 0.4) is 0 Å². The van der Waals surface area contributed by atoms with Crippen molar-refractivity contribution in [3.05, 3.63) is 47.1 Å². The number of pyridine rings is 1. The number of rotatable bonds is 4. The maximum atomic E-state index is 12.4. The predicted octanol–water partition coefficient (Wildman–Crippen LogP) is 3.56. The van der Waals surface area contributed by atoms with Gasteiger partial charge in [-0.25, -0.2) is 9.78 Å². The van der Waals surface area contributed by atoms with Crippen molar-refractivity contribution in [2.45, 2.75) is 6.61 Å². The summed E-state index contributed by atoms with van der Waals surface area (Å²) in [6.07, 6.45) is 1.63. The van der Waals surface area contributed by atoms with Crippen LogP contribution >= 0.6 is 11.6 Å². The van der Waals surface area contributed by atoms with Gasteiger partial charge in [-0.15, -0.1) is 0 Å². The molecule has 1 N–H and O–H groups in total. The summed E-state index contributed by atoms with van der Waals surface area (Å²) in [5.74, 6) is 0.443. The Bertz CT molecular complexity index is 898. The van der Waals surface area contributed by atoms with E-state index < -0.39 is 6.61 Å². The van der Waals surface area contributed by atoms with E-state index in [1.165, 1.54) is 18.2 Å². The average molecular weight is 408 g/mol. The number of hydrogen-bond donors (Lipinski definition) is 1. The summed E-state index contributed by atoms with van der Waals surface area (Å²) in [5, 5.41) is 11.8. The fourth-order valence-electron chi connectivity index (χ4n) is 2.83. The van der Waals surface area contributed by atoms with Gasteiger partial charge in [-0.3, -0.25) is 0 Å². The van der Waals surface area contributed by atoms with Crippen LogP contribution in [0.25, 0.3) is 0 Å². The Hall–Kier alpha value is -3.12. The molecule has 146 valence electrons. The highest BCUT2D eigenvalue weighted by molar-refractivity contribution is 6.32. The lowest BCUT2D eigenvalue weighted by atomic mass is 10.2. The van der Waals surface area contributed by atoms with E-state index in [-0.39, 0.29) is 16.8 Å². The first-order chi connectivity index (χ1) is 13.5. The summed E-state index contributed by atoms with van der Waals surface area (Å²) in [7, 11) is 0. The van der Waals surface area contributed by atoms with Gasteiger partial charge >= 0.3 is 12.6 Å². The standard InChI is InChI=1S/C18H16ClF2N5O2/c19-14-10-13(3-4-15(14)28-17(20)21)24-18(27)26-8-6-25(7-9-26)16-12(11-22)2-1-5-23-16/h1-5,10,17H,6-9H2,(H,24,27). The number of carbonyl (C=O) groups is 1. The minimum absolute atomic E-state index is 0.0258. The lowest BCUT2D eigenvalue weighted by Gasteiger charge is -2.35. The fraction of sp³-hybridized carbons (Fsp3) is 0.278. The number of nitrogens with zero attached hydrogens (tertiary/aromatic N) is 4. The minimum atomic E-state index is -2.98. The molecule has 2 amide bonds. The Morgan fingerprint density at radius 3 is 2.68 bits per heavy atom. The molecule has 1 saturated heterocycles. The third-order valence-corrected chi connectivity index (χ3v) is 4.47. The van der Waals surface area contributed by atoms with Gasteiger partial charge < -0.3 is 19.9 Å². The monoisotopic (exact) mass is 407 g/mol. The van der Waals surface area contributed by atoms with E-state index in [2.05, 4.69) is 21.1 Å². The van der Waals surface area contributed by atoms with Crippen molar-refractivity contribution >= 4 is 29.1 Å². The summed E-state index contributed by atoms with van der Waals surface area (Å²) in [4.78, 5) is 20.3. The number of carbonyl (C=O) groups excluding carboxylic acids is 1. The zero-order chi connectivity index (χ0) is 20.1. The topological polar surface area (TPSA) is 81.5 Å². The van der Waals surface area contributed by atoms with Gasteiger partial charge in [-0.1, -0.05) is 11.6 Å². The molecule has 0 spiro atoms. The molecule has 0 saturated carbocycles. The number of alkyl halides is 2. The Balaban J connectivity index is 1.58. The summed E-state index contributed by atoms with van der Waals surface area (Å²) in [5.41, 5.74) is 0.858. The van der Waals surface area contributed by atoms with Gasteiger partial charge in [0.1, 0.15) is 17.6 Å². The maximum absolute atomic E-state index is 12.4. The molecule has 2 aromatic rings. The fourth-order valence-corrected chi connectivity index (χ4v) is 3.06. The first-order valence-electron chi connectivity index (χ1n) is 8.38. The number of halogens is 3. The van der Waals surface area contributed by atoms with Crippen LogP contribution in [0.1, 0.15) is 5.56 Å². The van der Waals surface area contributed by atoms with Gasteiger partial charge in [0.15, 0.2) is 0 Å². The van der Waals surface area contributed by atoms with Crippen molar-refractivity contribution in [3.63, 3.8) is 0 Å². The van der Waals surface area contributed by atoms with Crippen LogP contribution in [0, 0.1) is 11.3 Å². The molecule has 28 heavy (non-hydrogen) atoms. The number of nitrogens with one attached hydrogen (secondary N) is 1. The van der Waals surface area contributed by atoms with Crippen LogP contribution in [-0.4, -0.2) is 48.7 Å². The second-order valence-electron chi connectivity index (χ2n) is 5.91. The minimum Gasteiger partial charge on any atom is -0.433 e. The third-order valence-electron chi connectivity index (χ3n) is 4.17. The molecule has 0 bridgehead atoms. The summed E-state index contributed by atoms with van der Waals surface area (Å²) in [6, 6.07) is 9.24. The molecule has 1 aliphatic rings. The van der Waals surface area contributed by atoms with Crippen LogP contribution in [0.5, 0.6) is 5.75 Å². The Morgan fingerprint density at radius 2 is 2.04 bits per heavy atom. The number of aromatic nitrogens is 1. The van der Waals surface area contributed by atoms with Crippen LogP contribution in [0.15, 0.2) is 36.5 Å². The number of benzene rings is 1. The molecule has 2 heterocycles. The van der Waals surface area contributed by atoms with Gasteiger partial charge in [0.05, 0.1) is 10.6 Å². The van der Waals surface area contributed by atoms with Crippen molar-refractivity contribution in [3.8, 4) is 11.8 Å². The molecule has 1 aliphatic heterocycles. The van der Waals surface area contributed by atoms with Gasteiger partial charge in [-0.05, 0) is 30.3 Å². The summed E-state index contributed by atoms with van der Waals surface area (Å²) >= 11 is 5.90. The molecule has 3 rings (SSSR count). The van der Waals surface area contributed by atoms with Gasteiger partial charge in [0.2, 0.25) is 0 Å². The third kappa shape index (κ3) is 4.58. The molecule has 0 unspecified atom stereocenters. The van der Waals surface area contributed by atoms with Crippen LogP contribution in [0.4, 0.5) is 25.1 Å². The molecule has 1 fully saturated rings. The number of hydrogen-bond acceptors (Lipinski definition) is 5. The Morgan fingerprint density at radius 1 is 1.29 bits per heavy atom. The molecule has 0 aliphatic carbocycles. The molecular formula is C18H16ClF2N5O2. The van der Waals surface area contributed by atoms with Crippen LogP contribution < -0.4 is 15.0 Å². The molecule has 7 nitrogen and oxygen atoms in total. The second kappa shape index (κ2) is 8.71. The number of amides is 2. The molecule has 1 aromatic heterocycles. The number of piperazine rings is 1. The highest BCUT2D eigenvalue weighted by Crippen LogP contribution is 2.29. The highest BCUT2D eigenvalue weighted by atomic mass is 35.5. The first-order valence-corrected chi connectivity index (χ1v) is 8.76. The number of anilines is 2. The maximum Gasteiger partial charge on any atom is 0.387 e. The van der Waals surface area contributed by atoms with E-state index in [0.29, 0.717) is 43.2 Å². The van der Waals surface area contributed by atoms with Gasteiger partial charge in [0.25, 0.3) is 0 Å². The van der Waals surface area contributed by atoms with Gasteiger partial charge in [-0.2, -0.15) is 14.0 Å². The lowest BCUT2D eigenvalue weighted by molar-refractivity contribution is -0.0497. The second-order valence-corrected chi connectivity index (χ2v) is 6.32. The number of urea groups is 1. The average Bonchev–Trinajstić information content (AvgIpc) is 2.70. The van der Waals surface area contributed by atoms with Crippen LogP contribution in [-0.2, 0) is 0 Å². The molecule has 10 heteroatoms. The normalized spacial score (nSPS) is 14.0. The quantitative estimate of drug-likeness (QED) is 0.838. The molecule has 1 aromatic carbocycles. The van der Waals surface area contributed by atoms with Crippen molar-refractivity contribution < 1.29 is 18.3 Å². The van der Waals surface area contributed by atoms with Crippen molar-refractivity contribution in [1.82, 2.24) is 9.88 Å². The zero-order valence-corrected chi connectivity index (χ0v) is 15.4. The lowest BCUT2D eigenvalue weighted by Crippen LogP contribution is -2.50. The molecule has 0 atom stereocenters. The highest BCUT2D eigenvalue weighted by Gasteiger charge is 2.23. The van der Waals surface area contributed by atoms with Crippen molar-refractivity contribution in [2.75, 3.05) is 36.4 Å². The largest absolute Gasteiger partial charge is 0.433 e. The van der Waals surface area contributed by atoms with Gasteiger partial charge in [0, 0.05) is 38.1 Å². The van der Waals surface area contributed by atoms with E-state index in [1.807, 2.05) is 4.90 Å². The van der Waals surface area contributed by atoms with E-state index in [1.54, 1.807) is 23.2 Å². The van der Waals surface area contributed by atoms with Crippen molar-refractivity contribution in [1.29, 1.82) is 5.26 Å². The number of ether oxygens (including phenoxy) is 1. The van der Waals surface area contributed by atoms with E-state index in [0.717, 1.165) is 0 Å². The molecule has 0 radical (unpaired) electrons. The molecular weight excluding hydrogens is 392 g/mol. The van der Waals surface area contributed by atoms with E-state index in [9.17, 15) is 18.8 Å². The zero-order valence-electron chi connectivity index (χ0n) is 14.6.